The lowest BCUT2D eigenvalue weighted by atomic mass is 10.1. The molecule has 1 N–H and O–H groups in total. The normalized spacial score (nSPS) is 12.3. The Morgan fingerprint density at radius 3 is 2.92 bits per heavy atom. The van der Waals surface area contributed by atoms with Gasteiger partial charge < -0.3 is 5.11 Å². The number of aromatic nitrogens is 3. The zero-order valence-electron chi connectivity index (χ0n) is 12.8. The van der Waals surface area contributed by atoms with Crippen molar-refractivity contribution < 1.29 is 9.90 Å². The van der Waals surface area contributed by atoms with Crippen LogP contribution in [0.4, 0.5) is 0 Å². The number of hydrogen-bond donors (Lipinski definition) is 1. The molecule has 1 aromatic carbocycles. The van der Waals surface area contributed by atoms with Crippen LogP contribution in [0.5, 0.6) is 0 Å². The summed E-state index contributed by atoms with van der Waals surface area (Å²) in [4.78, 5) is 20.8. The molecule has 0 aliphatic carbocycles. The summed E-state index contributed by atoms with van der Waals surface area (Å²) in [5, 5.41) is 12.2. The third kappa shape index (κ3) is 3.18. The SMILES string of the molecule is O=C(O)CC/C(=C\c1c(Cl)nc2sccn12)c1nc2ccccc2s1. The van der Waals surface area contributed by atoms with Gasteiger partial charge >= 0.3 is 5.97 Å². The maximum atomic E-state index is 11.1. The number of nitrogens with zero attached hydrogens (tertiary/aromatic N) is 3. The number of aliphatic carboxylic acids is 1. The molecule has 0 radical (unpaired) electrons. The molecule has 3 aromatic heterocycles. The summed E-state index contributed by atoms with van der Waals surface area (Å²) in [7, 11) is 0. The first-order valence-electron chi connectivity index (χ1n) is 7.51. The van der Waals surface area contributed by atoms with E-state index in [1.54, 1.807) is 11.3 Å². The van der Waals surface area contributed by atoms with Crippen LogP contribution in [0.2, 0.25) is 5.15 Å². The van der Waals surface area contributed by atoms with Gasteiger partial charge in [-0.2, -0.15) is 0 Å². The quantitative estimate of drug-likeness (QED) is 0.517. The number of imidazole rings is 1. The zero-order valence-corrected chi connectivity index (χ0v) is 15.2. The Kier molecular flexibility index (Phi) is 4.29. The predicted molar refractivity (Wildman–Crippen MR) is 102 cm³/mol. The number of halogens is 1. The van der Waals surface area contributed by atoms with Gasteiger partial charge in [0.2, 0.25) is 0 Å². The van der Waals surface area contributed by atoms with E-state index in [1.165, 1.54) is 11.3 Å². The first kappa shape index (κ1) is 16.3. The Morgan fingerprint density at radius 1 is 1.28 bits per heavy atom. The second-order valence-corrected chi connectivity index (χ2v) is 7.66. The summed E-state index contributed by atoms with van der Waals surface area (Å²) in [5.74, 6) is -0.841. The number of hydrogen-bond acceptors (Lipinski definition) is 5. The van der Waals surface area contributed by atoms with Crippen molar-refractivity contribution in [3.8, 4) is 0 Å². The fourth-order valence-corrected chi connectivity index (χ4v) is 4.57. The van der Waals surface area contributed by atoms with E-state index in [-0.39, 0.29) is 6.42 Å². The number of fused-ring (bicyclic) bond motifs is 2. The van der Waals surface area contributed by atoms with Crippen molar-refractivity contribution in [3.05, 3.63) is 51.7 Å². The lowest BCUT2D eigenvalue weighted by Gasteiger charge is -2.03. The molecule has 126 valence electrons. The average molecular weight is 390 g/mol. The molecular formula is C17H12ClN3O2S2. The molecule has 0 atom stereocenters. The minimum Gasteiger partial charge on any atom is -0.481 e. The molecule has 0 aliphatic rings. The van der Waals surface area contributed by atoms with Gasteiger partial charge in [0.25, 0.3) is 0 Å². The maximum absolute atomic E-state index is 11.1. The summed E-state index contributed by atoms with van der Waals surface area (Å²) in [5.41, 5.74) is 2.50. The molecule has 0 fully saturated rings. The Hall–Kier alpha value is -2.22. The zero-order chi connectivity index (χ0) is 17.4. The van der Waals surface area contributed by atoms with Gasteiger partial charge in [-0.1, -0.05) is 23.7 Å². The molecular weight excluding hydrogens is 378 g/mol. The van der Waals surface area contributed by atoms with E-state index < -0.39 is 5.97 Å². The number of carboxylic acid groups (broad SMARTS) is 1. The molecule has 0 saturated heterocycles. The Labute approximate surface area is 155 Å². The first-order valence-corrected chi connectivity index (χ1v) is 9.58. The highest BCUT2D eigenvalue weighted by Gasteiger charge is 2.15. The van der Waals surface area contributed by atoms with E-state index in [0.717, 1.165) is 31.5 Å². The van der Waals surface area contributed by atoms with Gasteiger partial charge in [-0.3, -0.25) is 9.20 Å². The first-order chi connectivity index (χ1) is 12.1. The number of allylic oxidation sites excluding steroid dienone is 1. The van der Waals surface area contributed by atoms with Gasteiger partial charge in [0.15, 0.2) is 10.1 Å². The predicted octanol–water partition coefficient (Wildman–Crippen LogP) is 5.06. The van der Waals surface area contributed by atoms with Gasteiger partial charge in [0, 0.05) is 18.0 Å². The number of carbonyl (C=O) groups is 1. The van der Waals surface area contributed by atoms with Gasteiger partial charge in [0.05, 0.1) is 15.9 Å². The fraction of sp³-hybridized carbons (Fsp3) is 0.118. The largest absolute Gasteiger partial charge is 0.481 e. The van der Waals surface area contributed by atoms with Crippen molar-refractivity contribution >= 4 is 67.1 Å². The molecule has 0 amide bonds. The Morgan fingerprint density at radius 2 is 2.12 bits per heavy atom. The summed E-state index contributed by atoms with van der Waals surface area (Å²) in [6.07, 6.45) is 4.21. The molecule has 8 heteroatoms. The molecule has 4 aromatic rings. The van der Waals surface area contributed by atoms with Crippen LogP contribution in [0, 0.1) is 0 Å². The van der Waals surface area contributed by atoms with E-state index in [1.807, 2.05) is 46.3 Å². The van der Waals surface area contributed by atoms with E-state index in [9.17, 15) is 4.79 Å². The van der Waals surface area contributed by atoms with Crippen LogP contribution in [0.15, 0.2) is 35.8 Å². The highest BCUT2D eigenvalue weighted by atomic mass is 35.5. The monoisotopic (exact) mass is 389 g/mol. The number of benzene rings is 1. The van der Waals surface area contributed by atoms with Crippen LogP contribution < -0.4 is 0 Å². The third-order valence-electron chi connectivity index (χ3n) is 3.74. The summed E-state index contributed by atoms with van der Waals surface area (Å²) < 4.78 is 2.97. The Bertz CT molecular complexity index is 1080. The van der Waals surface area contributed by atoms with Gasteiger partial charge in [0.1, 0.15) is 5.01 Å². The second kappa shape index (κ2) is 6.59. The van der Waals surface area contributed by atoms with Crippen molar-refractivity contribution in [2.24, 2.45) is 0 Å². The minimum atomic E-state index is -0.841. The van der Waals surface area contributed by atoms with Crippen molar-refractivity contribution in [2.45, 2.75) is 12.8 Å². The summed E-state index contributed by atoms with van der Waals surface area (Å²) in [6, 6.07) is 7.87. The van der Waals surface area contributed by atoms with Gasteiger partial charge in [-0.15, -0.1) is 22.7 Å². The molecule has 4 rings (SSSR count). The van der Waals surface area contributed by atoms with E-state index in [0.29, 0.717) is 11.6 Å². The second-order valence-electron chi connectivity index (χ2n) is 5.39. The summed E-state index contributed by atoms with van der Waals surface area (Å²) in [6.45, 7) is 0. The van der Waals surface area contributed by atoms with Crippen molar-refractivity contribution in [1.29, 1.82) is 0 Å². The van der Waals surface area contributed by atoms with E-state index >= 15 is 0 Å². The van der Waals surface area contributed by atoms with Gasteiger partial charge in [-0.25, -0.2) is 9.97 Å². The van der Waals surface area contributed by atoms with Crippen LogP contribution in [0.25, 0.3) is 26.8 Å². The highest BCUT2D eigenvalue weighted by Crippen LogP contribution is 2.33. The van der Waals surface area contributed by atoms with Crippen molar-refractivity contribution in [2.75, 3.05) is 0 Å². The molecule has 0 spiro atoms. The standard InChI is InChI=1S/C17H12ClN3O2S2/c18-15-12(21-7-8-24-17(21)20-15)9-10(5-6-14(22)23)16-19-11-3-1-2-4-13(11)25-16/h1-4,7-9H,5-6H2,(H,22,23)/b10-9+. The van der Waals surface area contributed by atoms with Crippen LogP contribution in [-0.4, -0.2) is 25.4 Å². The number of thiazole rings is 2. The van der Waals surface area contributed by atoms with Crippen LogP contribution in [-0.2, 0) is 4.79 Å². The van der Waals surface area contributed by atoms with Crippen molar-refractivity contribution in [3.63, 3.8) is 0 Å². The minimum absolute atomic E-state index is 0.0327. The average Bonchev–Trinajstić information content (AvgIpc) is 3.26. The molecule has 0 aliphatic heterocycles. The van der Waals surface area contributed by atoms with E-state index in [4.69, 9.17) is 16.7 Å². The summed E-state index contributed by atoms with van der Waals surface area (Å²) >= 11 is 9.33. The fourth-order valence-electron chi connectivity index (χ4n) is 2.56. The molecule has 25 heavy (non-hydrogen) atoms. The number of rotatable bonds is 5. The van der Waals surface area contributed by atoms with Crippen LogP contribution in [0.1, 0.15) is 23.5 Å². The van der Waals surface area contributed by atoms with Crippen molar-refractivity contribution in [1.82, 2.24) is 14.4 Å². The van der Waals surface area contributed by atoms with E-state index in [2.05, 4.69) is 9.97 Å². The maximum Gasteiger partial charge on any atom is 0.303 e. The number of para-hydroxylation sites is 1. The number of carboxylic acids is 1. The van der Waals surface area contributed by atoms with Crippen LogP contribution in [0.3, 0.4) is 0 Å². The third-order valence-corrected chi connectivity index (χ3v) is 5.89. The topological polar surface area (TPSA) is 67.5 Å². The van der Waals surface area contributed by atoms with Gasteiger partial charge in [-0.05, 0) is 30.2 Å². The molecule has 0 bridgehead atoms. The molecule has 0 saturated carbocycles. The molecule has 0 unspecified atom stereocenters. The van der Waals surface area contributed by atoms with Crippen LogP contribution >= 0.6 is 34.3 Å². The smallest absolute Gasteiger partial charge is 0.303 e. The molecule has 3 heterocycles. The Balaban J connectivity index is 1.83. The lowest BCUT2D eigenvalue weighted by molar-refractivity contribution is -0.136. The molecule has 5 nitrogen and oxygen atoms in total. The highest BCUT2D eigenvalue weighted by molar-refractivity contribution is 7.19. The lowest BCUT2D eigenvalue weighted by Crippen LogP contribution is -1.96.